The Morgan fingerprint density at radius 2 is 2.00 bits per heavy atom. The highest BCUT2D eigenvalue weighted by molar-refractivity contribution is 6.30. The van der Waals surface area contributed by atoms with Crippen LogP contribution >= 0.6 is 11.6 Å². The van der Waals surface area contributed by atoms with Gasteiger partial charge in [-0.25, -0.2) is 14.8 Å². The first-order valence-corrected chi connectivity index (χ1v) is 5.44. The van der Waals surface area contributed by atoms with Gasteiger partial charge in [-0.2, -0.15) is 0 Å². The molecule has 18 heavy (non-hydrogen) atoms. The van der Waals surface area contributed by atoms with Gasteiger partial charge >= 0.3 is 12.0 Å². The van der Waals surface area contributed by atoms with E-state index in [0.29, 0.717) is 10.6 Å². The van der Waals surface area contributed by atoms with Crippen LogP contribution in [0.5, 0.6) is 11.8 Å². The van der Waals surface area contributed by atoms with E-state index < -0.39 is 5.97 Å². The summed E-state index contributed by atoms with van der Waals surface area (Å²) in [7, 11) is 0. The maximum Gasteiger partial charge on any atom is 0.339 e. The van der Waals surface area contributed by atoms with Gasteiger partial charge in [0.25, 0.3) is 0 Å². The van der Waals surface area contributed by atoms with E-state index in [4.69, 9.17) is 21.4 Å². The first kappa shape index (κ1) is 12.3. The highest BCUT2D eigenvalue weighted by Crippen LogP contribution is 2.27. The van der Waals surface area contributed by atoms with Gasteiger partial charge < -0.3 is 9.84 Å². The minimum Gasteiger partial charge on any atom is -0.478 e. The highest BCUT2D eigenvalue weighted by Gasteiger charge is 2.15. The number of aromatic carboxylic acids is 1. The zero-order chi connectivity index (χ0) is 13.1. The predicted octanol–water partition coefficient (Wildman–Crippen LogP) is 2.93. The number of ether oxygens (including phenoxy) is 1. The normalized spacial score (nSPS) is 10.1. The molecule has 2 aromatic rings. The molecule has 6 heteroatoms. The molecule has 0 saturated carbocycles. The molecule has 0 fully saturated rings. The van der Waals surface area contributed by atoms with Crippen LogP contribution in [0.25, 0.3) is 0 Å². The summed E-state index contributed by atoms with van der Waals surface area (Å²) < 4.78 is 5.39. The fraction of sp³-hybridized carbons (Fsp3) is 0.0833. The molecule has 1 N–H and O–H groups in total. The molecule has 0 spiro atoms. The molecule has 0 aliphatic rings. The van der Waals surface area contributed by atoms with Crippen LogP contribution in [-0.2, 0) is 0 Å². The van der Waals surface area contributed by atoms with Crippen molar-refractivity contribution in [1.82, 2.24) is 9.97 Å². The molecule has 1 aromatic carbocycles. The number of benzene rings is 1. The maximum atomic E-state index is 11.1. The van der Waals surface area contributed by atoms with Crippen LogP contribution in [0.15, 0.2) is 30.6 Å². The third kappa shape index (κ3) is 2.57. The van der Waals surface area contributed by atoms with Crippen molar-refractivity contribution in [3.63, 3.8) is 0 Å². The Labute approximate surface area is 108 Å². The minimum atomic E-state index is -1.07. The minimum absolute atomic E-state index is 0.0520. The molecule has 0 unspecified atom stereocenters. The van der Waals surface area contributed by atoms with E-state index in [-0.39, 0.29) is 17.3 Å². The Hall–Kier alpha value is -2.14. The second kappa shape index (κ2) is 5.01. The van der Waals surface area contributed by atoms with Crippen molar-refractivity contribution in [2.24, 2.45) is 0 Å². The third-order valence-electron chi connectivity index (χ3n) is 2.23. The van der Waals surface area contributed by atoms with Crippen LogP contribution in [0.3, 0.4) is 0 Å². The molecular formula is C12H9ClN2O3. The standard InChI is InChI=1S/C12H9ClN2O3/c1-7-3-2-4-9(11(16)17)10(7)18-12-14-5-8(13)6-15-12/h2-6H,1H3,(H,16,17). The number of hydrogen-bond acceptors (Lipinski definition) is 4. The molecule has 0 amide bonds. The van der Waals surface area contributed by atoms with Gasteiger partial charge in [0.1, 0.15) is 11.3 Å². The van der Waals surface area contributed by atoms with Crippen molar-refractivity contribution in [1.29, 1.82) is 0 Å². The van der Waals surface area contributed by atoms with Crippen molar-refractivity contribution in [3.05, 3.63) is 46.7 Å². The summed E-state index contributed by atoms with van der Waals surface area (Å²) in [5, 5.41) is 9.45. The van der Waals surface area contributed by atoms with E-state index in [1.807, 2.05) is 0 Å². The van der Waals surface area contributed by atoms with Crippen LogP contribution in [0.2, 0.25) is 5.02 Å². The predicted molar refractivity (Wildman–Crippen MR) is 65.3 cm³/mol. The van der Waals surface area contributed by atoms with Crippen LogP contribution in [0.4, 0.5) is 0 Å². The Bertz CT molecular complexity index is 584. The van der Waals surface area contributed by atoms with E-state index in [1.165, 1.54) is 18.5 Å². The largest absolute Gasteiger partial charge is 0.478 e. The van der Waals surface area contributed by atoms with Crippen molar-refractivity contribution in [2.45, 2.75) is 6.92 Å². The Kier molecular flexibility index (Phi) is 3.43. The zero-order valence-electron chi connectivity index (χ0n) is 9.42. The average Bonchev–Trinajstić information content (AvgIpc) is 2.34. The number of aryl methyl sites for hydroxylation is 1. The molecule has 0 bridgehead atoms. The fourth-order valence-corrected chi connectivity index (χ4v) is 1.50. The van der Waals surface area contributed by atoms with Crippen molar-refractivity contribution < 1.29 is 14.6 Å². The van der Waals surface area contributed by atoms with Crippen LogP contribution in [0, 0.1) is 6.92 Å². The highest BCUT2D eigenvalue weighted by atomic mass is 35.5. The van der Waals surface area contributed by atoms with Crippen LogP contribution in [0.1, 0.15) is 15.9 Å². The van der Waals surface area contributed by atoms with Gasteiger partial charge in [0.15, 0.2) is 0 Å². The molecule has 1 heterocycles. The smallest absolute Gasteiger partial charge is 0.339 e. The number of para-hydroxylation sites is 1. The Morgan fingerprint density at radius 1 is 1.33 bits per heavy atom. The molecule has 5 nitrogen and oxygen atoms in total. The van der Waals surface area contributed by atoms with Crippen molar-refractivity contribution in [2.75, 3.05) is 0 Å². The SMILES string of the molecule is Cc1cccc(C(=O)O)c1Oc1ncc(Cl)cn1. The van der Waals surface area contributed by atoms with Crippen LogP contribution in [-0.4, -0.2) is 21.0 Å². The molecule has 0 saturated heterocycles. The molecular weight excluding hydrogens is 256 g/mol. The summed E-state index contributed by atoms with van der Waals surface area (Å²) >= 11 is 5.65. The second-order valence-electron chi connectivity index (χ2n) is 3.54. The number of carbonyl (C=O) groups is 1. The summed E-state index contributed by atoms with van der Waals surface area (Å²) in [6, 6.07) is 4.91. The Balaban J connectivity index is 2.39. The van der Waals surface area contributed by atoms with Crippen LogP contribution < -0.4 is 4.74 Å². The quantitative estimate of drug-likeness (QED) is 0.923. The van der Waals surface area contributed by atoms with Gasteiger partial charge in [-0.15, -0.1) is 0 Å². The van der Waals surface area contributed by atoms with Gasteiger partial charge in [0.2, 0.25) is 0 Å². The van der Waals surface area contributed by atoms with Gasteiger partial charge in [-0.05, 0) is 18.6 Å². The molecule has 0 radical (unpaired) electrons. The second-order valence-corrected chi connectivity index (χ2v) is 3.98. The molecule has 0 aliphatic heterocycles. The first-order chi connectivity index (χ1) is 8.58. The average molecular weight is 265 g/mol. The van der Waals surface area contributed by atoms with E-state index in [0.717, 1.165) is 0 Å². The molecule has 0 aliphatic carbocycles. The zero-order valence-corrected chi connectivity index (χ0v) is 10.2. The topological polar surface area (TPSA) is 72.3 Å². The number of hydrogen-bond donors (Lipinski definition) is 1. The summed E-state index contributed by atoms with van der Waals surface area (Å²) in [6.07, 6.45) is 2.76. The van der Waals surface area contributed by atoms with E-state index in [1.54, 1.807) is 19.1 Å². The molecule has 2 rings (SSSR count). The lowest BCUT2D eigenvalue weighted by Gasteiger charge is -2.09. The third-order valence-corrected chi connectivity index (χ3v) is 2.43. The Morgan fingerprint density at radius 3 is 2.61 bits per heavy atom. The number of rotatable bonds is 3. The fourth-order valence-electron chi connectivity index (χ4n) is 1.40. The van der Waals surface area contributed by atoms with Gasteiger partial charge in [0.05, 0.1) is 17.4 Å². The lowest BCUT2D eigenvalue weighted by Crippen LogP contribution is -2.02. The lowest BCUT2D eigenvalue weighted by atomic mass is 10.1. The molecule has 92 valence electrons. The van der Waals surface area contributed by atoms with Crippen molar-refractivity contribution in [3.8, 4) is 11.8 Å². The van der Waals surface area contributed by atoms with Gasteiger partial charge in [-0.1, -0.05) is 23.7 Å². The van der Waals surface area contributed by atoms with Gasteiger partial charge in [0, 0.05) is 0 Å². The monoisotopic (exact) mass is 264 g/mol. The summed E-state index contributed by atoms with van der Waals surface area (Å²) in [4.78, 5) is 18.8. The van der Waals surface area contributed by atoms with E-state index in [2.05, 4.69) is 9.97 Å². The molecule has 0 atom stereocenters. The van der Waals surface area contributed by atoms with Gasteiger partial charge in [-0.3, -0.25) is 0 Å². The lowest BCUT2D eigenvalue weighted by molar-refractivity contribution is 0.0694. The number of nitrogens with zero attached hydrogens (tertiary/aromatic N) is 2. The number of aromatic nitrogens is 2. The number of halogens is 1. The summed E-state index contributed by atoms with van der Waals surface area (Å²) in [5.74, 6) is -0.838. The summed E-state index contributed by atoms with van der Waals surface area (Å²) in [6.45, 7) is 1.75. The summed E-state index contributed by atoms with van der Waals surface area (Å²) in [5.41, 5.74) is 0.752. The first-order valence-electron chi connectivity index (χ1n) is 5.06. The maximum absolute atomic E-state index is 11.1. The van der Waals surface area contributed by atoms with E-state index >= 15 is 0 Å². The van der Waals surface area contributed by atoms with Crippen molar-refractivity contribution >= 4 is 17.6 Å². The molecule has 1 aromatic heterocycles. The number of carboxylic acid groups (broad SMARTS) is 1. The van der Waals surface area contributed by atoms with E-state index in [9.17, 15) is 4.79 Å². The number of carboxylic acids is 1.